The Bertz CT molecular complexity index is 477. The minimum atomic E-state index is -1.11. The van der Waals surface area contributed by atoms with Crippen molar-refractivity contribution in [1.82, 2.24) is 4.98 Å². The highest BCUT2D eigenvalue weighted by Gasteiger charge is 2.27. The number of pyridine rings is 1. The zero-order valence-electron chi connectivity index (χ0n) is 8.64. The van der Waals surface area contributed by atoms with Gasteiger partial charge in [-0.05, 0) is 6.07 Å². The van der Waals surface area contributed by atoms with Gasteiger partial charge in [0.15, 0.2) is 0 Å². The number of carbonyl (C=O) groups is 2. The fourth-order valence-corrected chi connectivity index (χ4v) is 1.67. The van der Waals surface area contributed by atoms with Crippen LogP contribution in [-0.4, -0.2) is 34.7 Å². The molecule has 90 valence electrons. The van der Waals surface area contributed by atoms with Gasteiger partial charge < -0.3 is 15.2 Å². The molecule has 1 aliphatic rings. The number of ether oxygens (including phenoxy) is 1. The molecule has 0 aliphatic carbocycles. The molecule has 1 aromatic heterocycles. The van der Waals surface area contributed by atoms with Gasteiger partial charge in [-0.2, -0.15) is 0 Å². The average Bonchev–Trinajstić information content (AvgIpc) is 2.67. The van der Waals surface area contributed by atoms with Crippen molar-refractivity contribution in [3.8, 4) is 0 Å². The van der Waals surface area contributed by atoms with Crippen molar-refractivity contribution in [1.29, 1.82) is 0 Å². The van der Waals surface area contributed by atoms with Gasteiger partial charge in [-0.15, -0.1) is 0 Å². The lowest BCUT2D eigenvalue weighted by atomic mass is 10.2. The van der Waals surface area contributed by atoms with E-state index in [0.717, 1.165) is 0 Å². The Balaban J connectivity index is 2.16. The Morgan fingerprint density at radius 3 is 2.94 bits per heavy atom. The summed E-state index contributed by atoms with van der Waals surface area (Å²) < 4.78 is 4.77. The van der Waals surface area contributed by atoms with Crippen LogP contribution in [0, 0.1) is 0 Å². The van der Waals surface area contributed by atoms with E-state index in [2.05, 4.69) is 10.3 Å². The molecule has 2 N–H and O–H groups in total. The van der Waals surface area contributed by atoms with Crippen LogP contribution in [0.3, 0.4) is 0 Å². The van der Waals surface area contributed by atoms with Crippen molar-refractivity contribution in [3.63, 3.8) is 0 Å². The topological polar surface area (TPSA) is 88.5 Å². The van der Waals surface area contributed by atoms with Crippen molar-refractivity contribution < 1.29 is 19.4 Å². The average molecular weight is 257 g/mol. The molecule has 1 aromatic rings. The Kier molecular flexibility index (Phi) is 3.14. The molecule has 7 heteroatoms. The summed E-state index contributed by atoms with van der Waals surface area (Å²) in [5.74, 6) is -1.18. The maximum absolute atomic E-state index is 11.2. The number of carboxylic acid groups (broad SMARTS) is 1. The monoisotopic (exact) mass is 256 g/mol. The van der Waals surface area contributed by atoms with Crippen LogP contribution in [0.1, 0.15) is 16.8 Å². The highest BCUT2D eigenvalue weighted by atomic mass is 35.5. The van der Waals surface area contributed by atoms with Gasteiger partial charge in [0.05, 0.1) is 17.2 Å². The van der Waals surface area contributed by atoms with E-state index in [0.29, 0.717) is 13.0 Å². The Morgan fingerprint density at radius 2 is 2.41 bits per heavy atom. The lowest BCUT2D eigenvalue weighted by molar-refractivity contribution is -0.138. The highest BCUT2D eigenvalue weighted by molar-refractivity contribution is 6.33. The van der Waals surface area contributed by atoms with E-state index in [4.69, 9.17) is 21.4 Å². The minimum Gasteiger partial charge on any atom is -0.478 e. The molecule has 0 radical (unpaired) electrons. The van der Waals surface area contributed by atoms with Crippen LogP contribution in [0.2, 0.25) is 5.02 Å². The quantitative estimate of drug-likeness (QED) is 0.789. The number of hydrogen-bond acceptors (Lipinski definition) is 5. The summed E-state index contributed by atoms with van der Waals surface area (Å²) in [6.45, 7) is 0.362. The Morgan fingerprint density at radius 1 is 1.65 bits per heavy atom. The van der Waals surface area contributed by atoms with Crippen LogP contribution in [0.15, 0.2) is 12.3 Å². The van der Waals surface area contributed by atoms with Gasteiger partial charge in [-0.1, -0.05) is 11.6 Å². The second-order valence-corrected chi connectivity index (χ2v) is 3.92. The van der Waals surface area contributed by atoms with Gasteiger partial charge >= 0.3 is 11.9 Å². The van der Waals surface area contributed by atoms with Gasteiger partial charge in [-0.3, -0.25) is 0 Å². The predicted molar refractivity (Wildman–Crippen MR) is 59.2 cm³/mol. The molecular weight excluding hydrogens is 248 g/mol. The number of carbonyl (C=O) groups excluding carboxylic acids is 1. The normalized spacial score (nSPS) is 18.9. The van der Waals surface area contributed by atoms with Crippen molar-refractivity contribution in [3.05, 3.63) is 22.8 Å². The van der Waals surface area contributed by atoms with Gasteiger partial charge in [0, 0.05) is 12.6 Å². The molecule has 1 fully saturated rings. The lowest BCUT2D eigenvalue weighted by Gasteiger charge is -2.10. The van der Waals surface area contributed by atoms with Crippen LogP contribution in [-0.2, 0) is 9.53 Å². The number of anilines is 1. The van der Waals surface area contributed by atoms with Gasteiger partial charge in [-0.25, -0.2) is 14.6 Å². The largest absolute Gasteiger partial charge is 0.478 e. The van der Waals surface area contributed by atoms with Gasteiger partial charge in [0.1, 0.15) is 11.9 Å². The maximum Gasteiger partial charge on any atom is 0.337 e. The van der Waals surface area contributed by atoms with Crippen LogP contribution in [0.5, 0.6) is 0 Å². The molecule has 1 atom stereocenters. The van der Waals surface area contributed by atoms with Crippen molar-refractivity contribution >= 4 is 29.4 Å². The molecule has 1 saturated heterocycles. The smallest absolute Gasteiger partial charge is 0.337 e. The molecule has 0 amide bonds. The molecular formula is C10H9ClN2O4. The molecule has 2 rings (SSSR count). The second-order valence-electron chi connectivity index (χ2n) is 3.51. The number of carboxylic acids is 1. The summed E-state index contributed by atoms with van der Waals surface area (Å²) in [6, 6.07) is 0.801. The first-order chi connectivity index (χ1) is 8.08. The molecule has 0 spiro atoms. The number of halogens is 1. The molecule has 2 heterocycles. The van der Waals surface area contributed by atoms with Gasteiger partial charge in [0.25, 0.3) is 0 Å². The molecule has 1 aliphatic heterocycles. The Labute approximate surface area is 102 Å². The summed E-state index contributed by atoms with van der Waals surface area (Å²) in [7, 11) is 0. The zero-order valence-corrected chi connectivity index (χ0v) is 9.40. The number of cyclic esters (lactones) is 1. The fraction of sp³-hybridized carbons (Fsp3) is 0.300. The molecule has 0 aromatic carbocycles. The number of nitrogens with one attached hydrogen (secondary N) is 1. The van der Waals surface area contributed by atoms with Crippen molar-refractivity contribution in [2.24, 2.45) is 0 Å². The van der Waals surface area contributed by atoms with Gasteiger partial charge in [0.2, 0.25) is 0 Å². The zero-order chi connectivity index (χ0) is 12.4. The number of nitrogens with zero attached hydrogens (tertiary/aromatic N) is 1. The third-order valence-corrected chi connectivity index (χ3v) is 2.62. The molecule has 0 bridgehead atoms. The van der Waals surface area contributed by atoms with E-state index in [1.807, 2.05) is 0 Å². The molecule has 6 nitrogen and oxygen atoms in total. The number of aromatic carboxylic acids is 1. The van der Waals surface area contributed by atoms with E-state index in [-0.39, 0.29) is 22.4 Å². The van der Waals surface area contributed by atoms with E-state index in [9.17, 15) is 9.59 Å². The molecule has 17 heavy (non-hydrogen) atoms. The lowest BCUT2D eigenvalue weighted by Crippen LogP contribution is -2.25. The van der Waals surface area contributed by atoms with E-state index in [1.165, 1.54) is 12.3 Å². The van der Waals surface area contributed by atoms with E-state index in [1.54, 1.807) is 0 Å². The number of hydrogen-bond donors (Lipinski definition) is 2. The summed E-state index contributed by atoms with van der Waals surface area (Å²) >= 11 is 5.86. The third kappa shape index (κ3) is 2.47. The number of esters is 1. The Hall–Kier alpha value is -1.82. The van der Waals surface area contributed by atoms with Crippen molar-refractivity contribution in [2.75, 3.05) is 11.9 Å². The van der Waals surface area contributed by atoms with Crippen LogP contribution in [0.25, 0.3) is 0 Å². The predicted octanol–water partition coefficient (Wildman–Crippen LogP) is 1.16. The number of rotatable bonds is 3. The minimum absolute atomic E-state index is 0.00505. The first-order valence-electron chi connectivity index (χ1n) is 4.90. The standard InChI is InChI=1S/C10H9ClN2O4/c11-6-3-5(9(14)15)4-12-8(6)13-7-1-2-17-10(7)16/h3-4,7H,1-2H2,(H,12,13)(H,14,15). The van der Waals surface area contributed by atoms with E-state index < -0.39 is 12.0 Å². The SMILES string of the molecule is O=C(O)c1cnc(NC2CCOC2=O)c(Cl)c1. The van der Waals surface area contributed by atoms with E-state index >= 15 is 0 Å². The first kappa shape index (κ1) is 11.7. The number of aromatic nitrogens is 1. The summed E-state index contributed by atoms with van der Waals surface area (Å²) in [4.78, 5) is 25.7. The van der Waals surface area contributed by atoms with Crippen LogP contribution < -0.4 is 5.32 Å². The van der Waals surface area contributed by atoms with Crippen LogP contribution >= 0.6 is 11.6 Å². The second kappa shape index (κ2) is 4.58. The molecule has 0 saturated carbocycles. The van der Waals surface area contributed by atoms with Crippen LogP contribution in [0.4, 0.5) is 5.82 Å². The fourth-order valence-electron chi connectivity index (χ4n) is 1.45. The third-order valence-electron chi connectivity index (χ3n) is 2.33. The van der Waals surface area contributed by atoms with Crippen molar-refractivity contribution in [2.45, 2.75) is 12.5 Å². The maximum atomic E-state index is 11.2. The summed E-state index contributed by atoms with van der Waals surface area (Å²) in [5.41, 5.74) is -0.00505. The molecule has 1 unspecified atom stereocenters. The highest BCUT2D eigenvalue weighted by Crippen LogP contribution is 2.22. The summed E-state index contributed by atoms with van der Waals surface area (Å²) in [5, 5.41) is 11.7. The summed E-state index contributed by atoms with van der Waals surface area (Å²) in [6.07, 6.45) is 1.72. The first-order valence-corrected chi connectivity index (χ1v) is 5.28.